The first-order chi connectivity index (χ1) is 9.34. The third-order valence-corrected chi connectivity index (χ3v) is 4.48. The molecule has 2 heteroatoms. The van der Waals surface area contributed by atoms with Gasteiger partial charge >= 0.3 is 0 Å². The normalized spacial score (nSPS) is 12.7. The second kappa shape index (κ2) is 5.55. The molecule has 3 rings (SSSR count). The van der Waals surface area contributed by atoms with Gasteiger partial charge in [-0.1, -0.05) is 48.5 Å². The van der Waals surface area contributed by atoms with Crippen molar-refractivity contribution in [1.82, 2.24) is 0 Å². The number of fused-ring (bicyclic) bond motifs is 1. The highest BCUT2D eigenvalue weighted by Gasteiger charge is 2.10. The highest BCUT2D eigenvalue weighted by molar-refractivity contribution is 7.17. The number of rotatable bonds is 4. The third-order valence-electron chi connectivity index (χ3n) is 3.50. The molecule has 1 unspecified atom stereocenters. The molecule has 0 saturated carbocycles. The SMILES string of the molecule is NC(CCc1ccccc1)c1cccc2ccsc12. The van der Waals surface area contributed by atoms with Crippen LogP contribution in [0.4, 0.5) is 0 Å². The molecule has 96 valence electrons. The van der Waals surface area contributed by atoms with Gasteiger partial charge in [-0.15, -0.1) is 11.3 Å². The minimum absolute atomic E-state index is 0.113. The summed E-state index contributed by atoms with van der Waals surface area (Å²) in [7, 11) is 0. The summed E-state index contributed by atoms with van der Waals surface area (Å²) < 4.78 is 1.34. The summed E-state index contributed by atoms with van der Waals surface area (Å²) >= 11 is 1.78. The number of benzene rings is 2. The first-order valence-corrected chi connectivity index (χ1v) is 7.48. The topological polar surface area (TPSA) is 26.0 Å². The smallest absolute Gasteiger partial charge is 0.0390 e. The second-order valence-corrected chi connectivity index (χ2v) is 5.73. The van der Waals surface area contributed by atoms with E-state index in [2.05, 4.69) is 60.0 Å². The van der Waals surface area contributed by atoms with Gasteiger partial charge in [0, 0.05) is 10.7 Å². The molecule has 2 aromatic carbocycles. The van der Waals surface area contributed by atoms with Crippen LogP contribution in [0.25, 0.3) is 10.1 Å². The minimum atomic E-state index is 0.113. The molecule has 0 aliphatic heterocycles. The Balaban J connectivity index is 1.77. The van der Waals surface area contributed by atoms with Crippen molar-refractivity contribution in [3.8, 4) is 0 Å². The van der Waals surface area contributed by atoms with Crippen LogP contribution in [-0.2, 0) is 6.42 Å². The lowest BCUT2D eigenvalue weighted by atomic mass is 9.99. The molecule has 1 atom stereocenters. The van der Waals surface area contributed by atoms with E-state index in [1.165, 1.54) is 21.2 Å². The molecule has 0 saturated heterocycles. The first-order valence-electron chi connectivity index (χ1n) is 6.60. The maximum absolute atomic E-state index is 6.37. The molecule has 19 heavy (non-hydrogen) atoms. The van der Waals surface area contributed by atoms with Crippen LogP contribution >= 0.6 is 11.3 Å². The number of aryl methyl sites for hydroxylation is 1. The largest absolute Gasteiger partial charge is 0.324 e. The Morgan fingerprint density at radius 3 is 2.63 bits per heavy atom. The molecule has 0 radical (unpaired) electrons. The molecule has 0 fully saturated rings. The molecule has 1 aromatic heterocycles. The predicted molar refractivity (Wildman–Crippen MR) is 83.5 cm³/mol. The summed E-state index contributed by atoms with van der Waals surface area (Å²) in [4.78, 5) is 0. The lowest BCUT2D eigenvalue weighted by molar-refractivity contribution is 0.656. The molecular weight excluding hydrogens is 250 g/mol. The van der Waals surface area contributed by atoms with Gasteiger partial charge in [-0.05, 0) is 40.8 Å². The molecule has 0 bridgehead atoms. The summed E-state index contributed by atoms with van der Waals surface area (Å²) in [5, 5.41) is 3.44. The van der Waals surface area contributed by atoms with Crippen LogP contribution in [0, 0.1) is 0 Å². The van der Waals surface area contributed by atoms with Gasteiger partial charge in [-0.25, -0.2) is 0 Å². The third kappa shape index (κ3) is 2.70. The van der Waals surface area contributed by atoms with Crippen molar-refractivity contribution in [2.24, 2.45) is 5.73 Å². The number of thiophene rings is 1. The number of hydrogen-bond acceptors (Lipinski definition) is 2. The van der Waals surface area contributed by atoms with Crippen LogP contribution in [0.15, 0.2) is 60.0 Å². The van der Waals surface area contributed by atoms with E-state index in [0.717, 1.165) is 12.8 Å². The van der Waals surface area contributed by atoms with Gasteiger partial charge in [0.15, 0.2) is 0 Å². The molecular formula is C17H17NS. The van der Waals surface area contributed by atoms with Crippen molar-refractivity contribution in [2.75, 3.05) is 0 Å². The van der Waals surface area contributed by atoms with Crippen LogP contribution in [0.5, 0.6) is 0 Å². The molecule has 0 amide bonds. The average Bonchev–Trinajstić information content (AvgIpc) is 2.94. The van der Waals surface area contributed by atoms with Gasteiger partial charge in [0.1, 0.15) is 0 Å². The monoisotopic (exact) mass is 267 g/mol. The van der Waals surface area contributed by atoms with E-state index in [4.69, 9.17) is 5.73 Å². The van der Waals surface area contributed by atoms with E-state index < -0.39 is 0 Å². The van der Waals surface area contributed by atoms with Gasteiger partial charge in [0.25, 0.3) is 0 Å². The van der Waals surface area contributed by atoms with Crippen molar-refractivity contribution in [1.29, 1.82) is 0 Å². The van der Waals surface area contributed by atoms with E-state index in [0.29, 0.717) is 0 Å². The zero-order chi connectivity index (χ0) is 13.1. The molecule has 0 aliphatic carbocycles. The summed E-state index contributed by atoms with van der Waals surface area (Å²) in [5.41, 5.74) is 9.01. The summed E-state index contributed by atoms with van der Waals surface area (Å²) in [6, 6.07) is 19.2. The summed E-state index contributed by atoms with van der Waals surface area (Å²) in [6.45, 7) is 0. The quantitative estimate of drug-likeness (QED) is 0.738. The number of nitrogens with two attached hydrogens (primary N) is 1. The minimum Gasteiger partial charge on any atom is -0.324 e. The fourth-order valence-corrected chi connectivity index (χ4v) is 3.41. The van der Waals surface area contributed by atoms with E-state index in [-0.39, 0.29) is 6.04 Å². The Labute approximate surface area is 117 Å². The Kier molecular flexibility index (Phi) is 3.62. The zero-order valence-electron chi connectivity index (χ0n) is 10.8. The summed E-state index contributed by atoms with van der Waals surface area (Å²) in [5.74, 6) is 0. The molecule has 0 aliphatic rings. The lowest BCUT2D eigenvalue weighted by Gasteiger charge is -2.13. The Morgan fingerprint density at radius 2 is 1.79 bits per heavy atom. The Hall–Kier alpha value is -1.64. The van der Waals surface area contributed by atoms with E-state index in [1.54, 1.807) is 11.3 Å². The van der Waals surface area contributed by atoms with E-state index in [9.17, 15) is 0 Å². The van der Waals surface area contributed by atoms with Crippen LogP contribution < -0.4 is 5.73 Å². The van der Waals surface area contributed by atoms with E-state index >= 15 is 0 Å². The molecule has 0 spiro atoms. The van der Waals surface area contributed by atoms with E-state index in [1.807, 2.05) is 0 Å². The predicted octanol–water partition coefficient (Wildman–Crippen LogP) is 4.53. The van der Waals surface area contributed by atoms with Crippen LogP contribution in [0.3, 0.4) is 0 Å². The molecule has 1 heterocycles. The zero-order valence-corrected chi connectivity index (χ0v) is 11.6. The highest BCUT2D eigenvalue weighted by Crippen LogP contribution is 2.29. The fourth-order valence-electron chi connectivity index (χ4n) is 2.43. The van der Waals surface area contributed by atoms with Gasteiger partial charge in [-0.2, -0.15) is 0 Å². The maximum Gasteiger partial charge on any atom is 0.0390 e. The van der Waals surface area contributed by atoms with Gasteiger partial charge in [-0.3, -0.25) is 0 Å². The van der Waals surface area contributed by atoms with Gasteiger partial charge in [0.05, 0.1) is 0 Å². The lowest BCUT2D eigenvalue weighted by Crippen LogP contribution is -2.11. The number of hydrogen-bond donors (Lipinski definition) is 1. The average molecular weight is 267 g/mol. The summed E-state index contributed by atoms with van der Waals surface area (Å²) in [6.07, 6.45) is 2.02. The Morgan fingerprint density at radius 1 is 0.947 bits per heavy atom. The van der Waals surface area contributed by atoms with Gasteiger partial charge in [0.2, 0.25) is 0 Å². The second-order valence-electron chi connectivity index (χ2n) is 4.82. The maximum atomic E-state index is 6.37. The van der Waals surface area contributed by atoms with Crippen LogP contribution in [0.2, 0.25) is 0 Å². The van der Waals surface area contributed by atoms with Gasteiger partial charge < -0.3 is 5.73 Å². The molecule has 1 nitrogen and oxygen atoms in total. The van der Waals surface area contributed by atoms with Crippen molar-refractivity contribution in [2.45, 2.75) is 18.9 Å². The van der Waals surface area contributed by atoms with Crippen molar-refractivity contribution >= 4 is 21.4 Å². The van der Waals surface area contributed by atoms with Crippen molar-refractivity contribution in [3.63, 3.8) is 0 Å². The molecule has 3 aromatic rings. The van der Waals surface area contributed by atoms with Crippen molar-refractivity contribution < 1.29 is 0 Å². The van der Waals surface area contributed by atoms with Crippen LogP contribution in [0.1, 0.15) is 23.6 Å². The highest BCUT2D eigenvalue weighted by atomic mass is 32.1. The van der Waals surface area contributed by atoms with Crippen LogP contribution in [-0.4, -0.2) is 0 Å². The van der Waals surface area contributed by atoms with Crippen molar-refractivity contribution in [3.05, 3.63) is 71.1 Å². The fraction of sp³-hybridized carbons (Fsp3) is 0.176. The first kappa shape index (κ1) is 12.4. The standard InChI is InChI=1S/C17H17NS/c18-16(10-9-13-5-2-1-3-6-13)15-8-4-7-14-11-12-19-17(14)15/h1-8,11-12,16H,9-10,18H2. The Bertz CT molecular complexity index is 657. The molecule has 2 N–H and O–H groups in total.